The minimum atomic E-state index is -0.643. The van der Waals surface area contributed by atoms with Crippen LogP contribution in [0.5, 0.6) is 5.75 Å². The van der Waals surface area contributed by atoms with Crippen molar-refractivity contribution < 1.29 is 14.3 Å². The zero-order valence-corrected chi connectivity index (χ0v) is 21.5. The van der Waals surface area contributed by atoms with E-state index in [0.29, 0.717) is 22.6 Å². The third-order valence-corrected chi connectivity index (χ3v) is 7.60. The molecule has 0 saturated carbocycles. The fourth-order valence-electron chi connectivity index (χ4n) is 5.78. The number of aromatic nitrogens is 2. The van der Waals surface area contributed by atoms with E-state index in [9.17, 15) is 14.4 Å². The topological polar surface area (TPSA) is 85.6 Å². The number of amides is 2. The van der Waals surface area contributed by atoms with Gasteiger partial charge in [0.15, 0.2) is 0 Å². The second-order valence-electron chi connectivity index (χ2n) is 10.0. The Kier molecular flexibility index (Phi) is 5.05. The first-order valence-corrected chi connectivity index (χ1v) is 12.3. The van der Waals surface area contributed by atoms with Crippen LogP contribution >= 0.6 is 0 Å². The molecular formula is C29H28N4O4. The number of imide groups is 1. The van der Waals surface area contributed by atoms with Gasteiger partial charge in [-0.1, -0.05) is 6.07 Å². The van der Waals surface area contributed by atoms with Gasteiger partial charge in [-0.3, -0.25) is 19.3 Å². The molecule has 0 unspecified atom stereocenters. The predicted octanol–water partition coefficient (Wildman–Crippen LogP) is 4.28. The number of rotatable bonds is 3. The molecule has 2 aromatic carbocycles. The molecule has 0 radical (unpaired) electrons. The number of methoxy groups -OCH3 is 1. The molecule has 0 aliphatic carbocycles. The fraction of sp³-hybridized carbons (Fsp3) is 0.276. The summed E-state index contributed by atoms with van der Waals surface area (Å²) in [5, 5.41) is 5.31. The summed E-state index contributed by atoms with van der Waals surface area (Å²) in [6.45, 7) is 5.75. The number of aryl methyl sites for hydroxylation is 1. The van der Waals surface area contributed by atoms with E-state index in [-0.39, 0.29) is 30.0 Å². The SMILES string of the molecule is COc1ccc2cc([C@@H]3C4=C(CN(C(C)=O)C4=O)Nc4cccc5c4c3cn5C(C)C)c(=O)n(C)c2c1. The predicted molar refractivity (Wildman–Crippen MR) is 143 cm³/mol. The van der Waals surface area contributed by atoms with Crippen LogP contribution in [-0.2, 0) is 16.6 Å². The molecule has 0 bridgehead atoms. The molecule has 0 fully saturated rings. The van der Waals surface area contributed by atoms with Gasteiger partial charge in [-0.2, -0.15) is 0 Å². The molecule has 0 saturated heterocycles. The number of carbonyl (C=O) groups excluding carboxylic acids is 2. The van der Waals surface area contributed by atoms with Crippen molar-refractivity contribution in [2.75, 3.05) is 19.0 Å². The van der Waals surface area contributed by atoms with Crippen molar-refractivity contribution in [3.05, 3.63) is 81.4 Å². The number of fused-ring (bicyclic) bond motifs is 1. The Morgan fingerprint density at radius 2 is 1.86 bits per heavy atom. The molecule has 4 aromatic rings. The van der Waals surface area contributed by atoms with Gasteiger partial charge in [0.1, 0.15) is 5.75 Å². The van der Waals surface area contributed by atoms with Gasteiger partial charge in [0.05, 0.1) is 30.3 Å². The van der Waals surface area contributed by atoms with Crippen LogP contribution in [0.1, 0.15) is 43.9 Å². The second-order valence-corrected chi connectivity index (χ2v) is 10.0. The maximum atomic E-state index is 14.0. The highest BCUT2D eigenvalue weighted by Gasteiger charge is 2.42. The van der Waals surface area contributed by atoms with E-state index >= 15 is 0 Å². The molecule has 2 aliphatic rings. The zero-order chi connectivity index (χ0) is 26.2. The lowest BCUT2D eigenvalue weighted by atomic mass is 9.84. The largest absolute Gasteiger partial charge is 0.497 e. The minimum absolute atomic E-state index is 0.149. The van der Waals surface area contributed by atoms with Gasteiger partial charge in [0.25, 0.3) is 11.5 Å². The van der Waals surface area contributed by atoms with Gasteiger partial charge >= 0.3 is 0 Å². The van der Waals surface area contributed by atoms with Crippen molar-refractivity contribution in [2.45, 2.75) is 32.7 Å². The number of anilines is 1. The Balaban J connectivity index is 1.70. The van der Waals surface area contributed by atoms with E-state index in [2.05, 4.69) is 36.0 Å². The Hall–Kier alpha value is -4.33. The summed E-state index contributed by atoms with van der Waals surface area (Å²) in [6, 6.07) is 13.7. The van der Waals surface area contributed by atoms with Crippen LogP contribution < -0.4 is 15.6 Å². The van der Waals surface area contributed by atoms with E-state index in [1.165, 1.54) is 11.8 Å². The number of nitrogens with one attached hydrogen (secondary N) is 1. The highest BCUT2D eigenvalue weighted by atomic mass is 16.5. The van der Waals surface area contributed by atoms with Crippen molar-refractivity contribution in [1.29, 1.82) is 0 Å². The number of hydrogen-bond acceptors (Lipinski definition) is 5. The van der Waals surface area contributed by atoms with Gasteiger partial charge in [-0.05, 0) is 55.1 Å². The highest BCUT2D eigenvalue weighted by Crippen LogP contribution is 2.46. The summed E-state index contributed by atoms with van der Waals surface area (Å²) in [4.78, 5) is 41.3. The molecule has 188 valence electrons. The first-order valence-electron chi connectivity index (χ1n) is 12.3. The van der Waals surface area contributed by atoms with Crippen LogP contribution in [0.3, 0.4) is 0 Å². The Morgan fingerprint density at radius 1 is 1.08 bits per heavy atom. The summed E-state index contributed by atoms with van der Waals surface area (Å²) in [5.74, 6) is -0.673. The van der Waals surface area contributed by atoms with Crippen LogP contribution in [0.2, 0.25) is 0 Å². The number of hydrogen-bond donors (Lipinski definition) is 1. The summed E-state index contributed by atoms with van der Waals surface area (Å²) in [5.41, 5.74) is 4.90. The van der Waals surface area contributed by atoms with Crippen molar-refractivity contribution >= 4 is 39.3 Å². The molecule has 4 heterocycles. The van der Waals surface area contributed by atoms with E-state index in [1.54, 1.807) is 18.7 Å². The minimum Gasteiger partial charge on any atom is -0.497 e. The monoisotopic (exact) mass is 496 g/mol. The molecule has 8 nitrogen and oxygen atoms in total. The average Bonchev–Trinajstić information content (AvgIpc) is 3.37. The Labute approximate surface area is 213 Å². The molecule has 0 spiro atoms. The second kappa shape index (κ2) is 8.09. The lowest BCUT2D eigenvalue weighted by Crippen LogP contribution is -2.34. The summed E-state index contributed by atoms with van der Waals surface area (Å²) in [7, 11) is 3.33. The smallest absolute Gasteiger partial charge is 0.259 e. The molecule has 2 aliphatic heterocycles. The maximum absolute atomic E-state index is 14.0. The Bertz CT molecular complexity index is 1740. The highest BCUT2D eigenvalue weighted by molar-refractivity contribution is 6.11. The molecule has 1 atom stereocenters. The molecule has 2 aromatic heterocycles. The summed E-state index contributed by atoms with van der Waals surface area (Å²) >= 11 is 0. The third kappa shape index (κ3) is 3.25. The van der Waals surface area contributed by atoms with Gasteiger partial charge in [-0.25, -0.2) is 0 Å². The van der Waals surface area contributed by atoms with Gasteiger partial charge in [0.2, 0.25) is 5.91 Å². The molecule has 37 heavy (non-hydrogen) atoms. The van der Waals surface area contributed by atoms with E-state index in [1.807, 2.05) is 36.4 Å². The van der Waals surface area contributed by atoms with Crippen LogP contribution in [0.4, 0.5) is 5.69 Å². The number of ether oxygens (including phenoxy) is 1. The normalized spacial score (nSPS) is 17.0. The average molecular weight is 497 g/mol. The van der Waals surface area contributed by atoms with Crippen LogP contribution in [0.25, 0.3) is 21.8 Å². The van der Waals surface area contributed by atoms with E-state index < -0.39 is 5.92 Å². The summed E-state index contributed by atoms with van der Waals surface area (Å²) < 4.78 is 9.15. The molecule has 8 heteroatoms. The quantitative estimate of drug-likeness (QED) is 0.458. The van der Waals surface area contributed by atoms with E-state index in [4.69, 9.17) is 4.74 Å². The van der Waals surface area contributed by atoms with Gasteiger partial charge < -0.3 is 19.2 Å². The van der Waals surface area contributed by atoms with Gasteiger partial charge in [0, 0.05) is 60.5 Å². The zero-order valence-electron chi connectivity index (χ0n) is 21.5. The van der Waals surface area contributed by atoms with Crippen LogP contribution in [0, 0.1) is 0 Å². The first kappa shape index (κ1) is 23.1. The molecule has 1 N–H and O–H groups in total. The first-order chi connectivity index (χ1) is 17.7. The fourth-order valence-corrected chi connectivity index (χ4v) is 5.78. The Morgan fingerprint density at radius 3 is 2.57 bits per heavy atom. The van der Waals surface area contributed by atoms with Crippen LogP contribution in [0.15, 0.2) is 64.7 Å². The van der Waals surface area contributed by atoms with E-state index in [0.717, 1.165) is 33.1 Å². The molecule has 2 amide bonds. The molecule has 6 rings (SSSR count). The van der Waals surface area contributed by atoms with Crippen molar-refractivity contribution in [3.63, 3.8) is 0 Å². The number of benzene rings is 2. The lowest BCUT2D eigenvalue weighted by molar-refractivity contribution is -0.139. The number of nitrogens with zero attached hydrogens (tertiary/aromatic N) is 3. The van der Waals surface area contributed by atoms with Crippen molar-refractivity contribution in [1.82, 2.24) is 14.0 Å². The summed E-state index contributed by atoms with van der Waals surface area (Å²) in [6.07, 6.45) is 2.06. The van der Waals surface area contributed by atoms with Crippen LogP contribution in [-0.4, -0.2) is 39.5 Å². The maximum Gasteiger partial charge on any atom is 0.259 e. The number of pyridine rings is 1. The number of carbonyl (C=O) groups is 2. The standard InChI is InChI=1S/C29H28N4O4/c1-15(2)32-13-20-25(19-11-17-9-10-18(37-5)12-24(17)31(4)28(19)35)27-22(14-33(16(3)34)29(27)36)30-21-7-6-8-23(32)26(20)21/h6-13,15,25,30H,14H2,1-5H3/t25-/m0/s1. The lowest BCUT2D eigenvalue weighted by Gasteiger charge is -2.20. The van der Waals surface area contributed by atoms with Crippen molar-refractivity contribution in [3.8, 4) is 5.75 Å². The van der Waals surface area contributed by atoms with Crippen molar-refractivity contribution in [2.24, 2.45) is 7.05 Å². The third-order valence-electron chi connectivity index (χ3n) is 7.60. The van der Waals surface area contributed by atoms with Gasteiger partial charge in [-0.15, -0.1) is 0 Å². The molecular weight excluding hydrogens is 468 g/mol.